The highest BCUT2D eigenvalue weighted by Gasteiger charge is 2.11. The van der Waals surface area contributed by atoms with E-state index in [1.807, 2.05) is 6.92 Å². The van der Waals surface area contributed by atoms with Gasteiger partial charge in [-0.15, -0.1) is 0 Å². The number of ether oxygens (including phenoxy) is 2. The number of hydrogen-bond donors (Lipinski definition) is 1. The van der Waals surface area contributed by atoms with E-state index in [4.69, 9.17) is 9.47 Å². The minimum atomic E-state index is -0.477. The van der Waals surface area contributed by atoms with Gasteiger partial charge in [-0.2, -0.15) is 0 Å². The molecule has 0 unspecified atom stereocenters. The third-order valence-electron chi connectivity index (χ3n) is 2.03. The SMILES string of the molecule is CCOCCOC(=O)c1ccccc1NC=O. The van der Waals surface area contributed by atoms with Crippen LogP contribution in [0, 0.1) is 0 Å². The van der Waals surface area contributed by atoms with Gasteiger partial charge in [0.15, 0.2) is 0 Å². The molecule has 0 aromatic heterocycles. The molecule has 0 aliphatic rings. The minimum Gasteiger partial charge on any atom is -0.460 e. The number of nitrogens with one attached hydrogen (secondary N) is 1. The van der Waals surface area contributed by atoms with Crippen LogP contribution in [0.5, 0.6) is 0 Å². The summed E-state index contributed by atoms with van der Waals surface area (Å²) >= 11 is 0. The van der Waals surface area contributed by atoms with Gasteiger partial charge in [0.05, 0.1) is 17.9 Å². The standard InChI is InChI=1S/C12H15NO4/c1-2-16-7-8-17-12(15)10-5-3-4-6-11(10)13-9-14/h3-6,9H,2,7-8H2,1H3,(H,13,14). The van der Waals surface area contributed by atoms with E-state index in [1.165, 1.54) is 0 Å². The number of anilines is 1. The number of carbonyl (C=O) groups is 2. The van der Waals surface area contributed by atoms with Crippen molar-refractivity contribution >= 4 is 18.1 Å². The van der Waals surface area contributed by atoms with Crippen molar-refractivity contribution < 1.29 is 19.1 Å². The van der Waals surface area contributed by atoms with Crippen LogP contribution in [0.2, 0.25) is 0 Å². The molecule has 0 saturated heterocycles. The molecule has 0 aliphatic carbocycles. The predicted octanol–water partition coefficient (Wildman–Crippen LogP) is 1.45. The summed E-state index contributed by atoms with van der Waals surface area (Å²) in [4.78, 5) is 22.0. The Balaban J connectivity index is 2.58. The molecule has 1 aromatic carbocycles. The van der Waals surface area contributed by atoms with E-state index in [9.17, 15) is 9.59 Å². The van der Waals surface area contributed by atoms with Crippen molar-refractivity contribution in [2.75, 3.05) is 25.1 Å². The van der Waals surface area contributed by atoms with Crippen LogP contribution in [-0.2, 0) is 14.3 Å². The zero-order valence-electron chi connectivity index (χ0n) is 9.64. The number of hydrogen-bond acceptors (Lipinski definition) is 4. The maximum atomic E-state index is 11.7. The summed E-state index contributed by atoms with van der Waals surface area (Å²) in [5.74, 6) is -0.477. The maximum Gasteiger partial charge on any atom is 0.340 e. The Bertz CT molecular complexity index is 379. The summed E-state index contributed by atoms with van der Waals surface area (Å²) in [5, 5.41) is 2.45. The summed E-state index contributed by atoms with van der Waals surface area (Å²) in [6, 6.07) is 6.65. The second kappa shape index (κ2) is 7.40. The van der Waals surface area contributed by atoms with Crippen LogP contribution < -0.4 is 5.32 Å². The maximum absolute atomic E-state index is 11.7. The van der Waals surface area contributed by atoms with Crippen LogP contribution in [0.1, 0.15) is 17.3 Å². The Morgan fingerprint density at radius 2 is 2.12 bits per heavy atom. The molecule has 0 aliphatic heterocycles. The van der Waals surface area contributed by atoms with Gasteiger partial charge in [0.25, 0.3) is 0 Å². The van der Waals surface area contributed by atoms with Gasteiger partial charge >= 0.3 is 5.97 Å². The van der Waals surface area contributed by atoms with Crippen molar-refractivity contribution in [2.24, 2.45) is 0 Å². The second-order valence-corrected chi connectivity index (χ2v) is 3.14. The number of amides is 1. The first-order valence-electron chi connectivity index (χ1n) is 5.33. The van der Waals surface area contributed by atoms with Crippen LogP contribution in [0.25, 0.3) is 0 Å². The molecule has 1 aromatic rings. The Hall–Kier alpha value is -1.88. The zero-order chi connectivity index (χ0) is 12.5. The van der Waals surface area contributed by atoms with E-state index >= 15 is 0 Å². The normalized spacial score (nSPS) is 9.71. The van der Waals surface area contributed by atoms with E-state index < -0.39 is 5.97 Å². The van der Waals surface area contributed by atoms with E-state index in [1.54, 1.807) is 24.3 Å². The molecular formula is C12H15NO4. The van der Waals surface area contributed by atoms with E-state index in [0.29, 0.717) is 30.9 Å². The fourth-order valence-corrected chi connectivity index (χ4v) is 1.27. The fourth-order valence-electron chi connectivity index (χ4n) is 1.27. The van der Waals surface area contributed by atoms with Gasteiger partial charge in [0.2, 0.25) is 6.41 Å². The third kappa shape index (κ3) is 4.24. The molecule has 1 rings (SSSR count). The highest BCUT2D eigenvalue weighted by molar-refractivity contribution is 5.97. The molecule has 0 heterocycles. The smallest absolute Gasteiger partial charge is 0.340 e. The first-order valence-corrected chi connectivity index (χ1v) is 5.33. The van der Waals surface area contributed by atoms with Gasteiger partial charge in [-0.05, 0) is 19.1 Å². The highest BCUT2D eigenvalue weighted by Crippen LogP contribution is 2.15. The van der Waals surface area contributed by atoms with Crippen LogP contribution >= 0.6 is 0 Å². The van der Waals surface area contributed by atoms with Gasteiger partial charge in [-0.25, -0.2) is 4.79 Å². The summed E-state index contributed by atoms with van der Waals surface area (Å²) in [6.07, 6.45) is 0.520. The average molecular weight is 237 g/mol. The third-order valence-corrected chi connectivity index (χ3v) is 2.03. The topological polar surface area (TPSA) is 64.6 Å². The monoisotopic (exact) mass is 237 g/mol. The summed E-state index contributed by atoms with van der Waals surface area (Å²) in [7, 11) is 0. The number of benzene rings is 1. The lowest BCUT2D eigenvalue weighted by Crippen LogP contribution is -2.12. The molecule has 0 fully saturated rings. The first-order chi connectivity index (χ1) is 8.29. The summed E-state index contributed by atoms with van der Waals surface area (Å²) in [6.45, 7) is 3.01. The molecule has 0 radical (unpaired) electrons. The molecule has 1 amide bonds. The number of rotatable bonds is 7. The van der Waals surface area contributed by atoms with Gasteiger partial charge in [-0.3, -0.25) is 4.79 Å². The Morgan fingerprint density at radius 3 is 2.82 bits per heavy atom. The number of esters is 1. The first kappa shape index (κ1) is 13.2. The molecular weight excluding hydrogens is 222 g/mol. The zero-order valence-corrected chi connectivity index (χ0v) is 9.64. The molecule has 17 heavy (non-hydrogen) atoms. The van der Waals surface area contributed by atoms with Crippen molar-refractivity contribution in [3.63, 3.8) is 0 Å². The Labute approximate surface area is 99.7 Å². The average Bonchev–Trinajstić information content (AvgIpc) is 2.35. The highest BCUT2D eigenvalue weighted by atomic mass is 16.6. The predicted molar refractivity (Wildman–Crippen MR) is 62.9 cm³/mol. The quantitative estimate of drug-likeness (QED) is 0.443. The molecule has 0 bridgehead atoms. The summed E-state index contributed by atoms with van der Waals surface area (Å²) < 4.78 is 10.0. The molecule has 5 nitrogen and oxygen atoms in total. The van der Waals surface area contributed by atoms with E-state index in [0.717, 1.165) is 0 Å². The van der Waals surface area contributed by atoms with Crippen LogP contribution in [0.3, 0.4) is 0 Å². The van der Waals surface area contributed by atoms with Gasteiger partial charge in [0.1, 0.15) is 6.61 Å². The lowest BCUT2D eigenvalue weighted by atomic mass is 10.2. The van der Waals surface area contributed by atoms with Crippen LogP contribution in [-0.4, -0.2) is 32.2 Å². The van der Waals surface area contributed by atoms with Crippen molar-refractivity contribution in [2.45, 2.75) is 6.92 Å². The van der Waals surface area contributed by atoms with Crippen molar-refractivity contribution in [1.29, 1.82) is 0 Å². The van der Waals surface area contributed by atoms with Crippen molar-refractivity contribution in [1.82, 2.24) is 0 Å². The lowest BCUT2D eigenvalue weighted by Gasteiger charge is -2.08. The van der Waals surface area contributed by atoms with Gasteiger partial charge in [0, 0.05) is 6.61 Å². The largest absolute Gasteiger partial charge is 0.460 e. The summed E-state index contributed by atoms with van der Waals surface area (Å²) in [5.41, 5.74) is 0.764. The molecule has 1 N–H and O–H groups in total. The number of para-hydroxylation sites is 1. The molecule has 0 atom stereocenters. The van der Waals surface area contributed by atoms with Gasteiger partial charge in [-0.1, -0.05) is 12.1 Å². The minimum absolute atomic E-state index is 0.197. The Kier molecular flexibility index (Phi) is 5.74. The molecule has 92 valence electrons. The molecule has 0 saturated carbocycles. The van der Waals surface area contributed by atoms with Crippen LogP contribution in [0.4, 0.5) is 5.69 Å². The van der Waals surface area contributed by atoms with E-state index in [-0.39, 0.29) is 6.61 Å². The van der Waals surface area contributed by atoms with Crippen LogP contribution in [0.15, 0.2) is 24.3 Å². The molecule has 5 heteroatoms. The second-order valence-electron chi connectivity index (χ2n) is 3.14. The lowest BCUT2D eigenvalue weighted by molar-refractivity contribution is -0.105. The molecule has 0 spiro atoms. The van der Waals surface area contributed by atoms with Gasteiger partial charge < -0.3 is 14.8 Å². The van der Waals surface area contributed by atoms with Crippen molar-refractivity contribution in [3.05, 3.63) is 29.8 Å². The Morgan fingerprint density at radius 1 is 1.35 bits per heavy atom. The van der Waals surface area contributed by atoms with Crippen molar-refractivity contribution in [3.8, 4) is 0 Å². The fraction of sp³-hybridized carbons (Fsp3) is 0.333. The number of carbonyl (C=O) groups excluding carboxylic acids is 2. The van der Waals surface area contributed by atoms with E-state index in [2.05, 4.69) is 5.32 Å².